The summed E-state index contributed by atoms with van der Waals surface area (Å²) in [5.74, 6) is -0.364. The Morgan fingerprint density at radius 1 is 1.03 bits per heavy atom. The van der Waals surface area contributed by atoms with E-state index in [0.29, 0.717) is 0 Å². The van der Waals surface area contributed by atoms with E-state index in [9.17, 15) is 0 Å². The molecule has 3 aliphatic rings. The van der Waals surface area contributed by atoms with E-state index in [4.69, 9.17) is 0 Å². The highest BCUT2D eigenvalue weighted by Gasteiger charge is 2.58. The number of fused-ring (bicyclic) bond motifs is 5. The summed E-state index contributed by atoms with van der Waals surface area (Å²) in [6.45, 7) is 4.15. The molecule has 0 N–H and O–H groups in total. The van der Waals surface area contributed by atoms with E-state index >= 15 is 4.39 Å². The molecule has 2 aromatic rings. The SMILES string of the molecule is CCC=CC1(F)C2CC=CC=C2N2c3ccccc3N(c3ccccc3)C2C1C. The van der Waals surface area contributed by atoms with Gasteiger partial charge in [-0.3, -0.25) is 0 Å². The second kappa shape index (κ2) is 6.91. The summed E-state index contributed by atoms with van der Waals surface area (Å²) in [5.41, 5.74) is 3.12. The maximum atomic E-state index is 16.8. The van der Waals surface area contributed by atoms with Crippen LogP contribution in [0.3, 0.4) is 0 Å². The van der Waals surface area contributed by atoms with Crippen LogP contribution in [0, 0.1) is 11.8 Å². The maximum absolute atomic E-state index is 16.8. The van der Waals surface area contributed by atoms with Gasteiger partial charge in [0.1, 0.15) is 11.8 Å². The zero-order valence-corrected chi connectivity index (χ0v) is 17.0. The molecule has 2 nitrogen and oxygen atoms in total. The minimum atomic E-state index is -1.39. The van der Waals surface area contributed by atoms with Crippen LogP contribution in [0.15, 0.2) is 90.7 Å². The standard InChI is InChI=1S/C26H27FN2/c1-3-4-18-26(27)19(2)25-28(20-12-6-5-7-13-20)23-16-10-11-17-24(23)29(25)22-15-9-8-14-21(22)26/h4-13,15-19,21,25H,3,14H2,1-2H3. The average molecular weight is 387 g/mol. The van der Waals surface area contributed by atoms with Crippen LogP contribution < -0.4 is 9.80 Å². The van der Waals surface area contributed by atoms with Crippen molar-refractivity contribution < 1.29 is 4.39 Å². The fourth-order valence-electron chi connectivity index (χ4n) is 5.28. The van der Waals surface area contributed by atoms with Crippen molar-refractivity contribution in [3.8, 4) is 0 Å². The van der Waals surface area contributed by atoms with Gasteiger partial charge in [-0.2, -0.15) is 0 Å². The van der Waals surface area contributed by atoms with Crippen molar-refractivity contribution in [2.75, 3.05) is 9.80 Å². The van der Waals surface area contributed by atoms with Gasteiger partial charge in [-0.25, -0.2) is 4.39 Å². The third-order valence-corrected chi connectivity index (χ3v) is 6.66. The number of benzene rings is 2. The van der Waals surface area contributed by atoms with E-state index in [1.807, 2.05) is 18.2 Å². The number of hydrogen-bond donors (Lipinski definition) is 0. The molecule has 148 valence electrons. The van der Waals surface area contributed by atoms with E-state index < -0.39 is 5.67 Å². The molecule has 1 aliphatic carbocycles. The number of para-hydroxylation sites is 3. The number of halogens is 1. The summed E-state index contributed by atoms with van der Waals surface area (Å²) in [6.07, 6.45) is 11.6. The van der Waals surface area contributed by atoms with Gasteiger partial charge in [0.15, 0.2) is 0 Å². The summed E-state index contributed by atoms with van der Waals surface area (Å²) in [7, 11) is 0. The lowest BCUT2D eigenvalue weighted by Gasteiger charge is -2.53. The lowest BCUT2D eigenvalue weighted by Crippen LogP contribution is -2.61. The zero-order valence-electron chi connectivity index (χ0n) is 17.0. The van der Waals surface area contributed by atoms with Crippen LogP contribution in [0.2, 0.25) is 0 Å². The molecule has 4 unspecified atom stereocenters. The normalized spacial score (nSPS) is 30.2. The largest absolute Gasteiger partial charge is 0.321 e. The quantitative estimate of drug-likeness (QED) is 0.538. The number of rotatable bonds is 3. The van der Waals surface area contributed by atoms with Crippen molar-refractivity contribution in [3.63, 3.8) is 0 Å². The van der Waals surface area contributed by atoms with Gasteiger partial charge in [-0.1, -0.05) is 68.5 Å². The maximum Gasteiger partial charge on any atom is 0.144 e. The van der Waals surface area contributed by atoms with Crippen LogP contribution in [0.4, 0.5) is 21.5 Å². The molecule has 0 spiro atoms. The van der Waals surface area contributed by atoms with E-state index in [1.54, 1.807) is 0 Å². The lowest BCUT2D eigenvalue weighted by atomic mass is 9.69. The van der Waals surface area contributed by atoms with Crippen LogP contribution in [0.5, 0.6) is 0 Å². The van der Waals surface area contributed by atoms with E-state index in [2.05, 4.69) is 90.4 Å². The molecule has 1 saturated heterocycles. The van der Waals surface area contributed by atoms with E-state index in [0.717, 1.165) is 29.9 Å². The molecular formula is C26H27FN2. The highest BCUT2D eigenvalue weighted by molar-refractivity contribution is 5.86. The fraction of sp³-hybridized carbons (Fsp3) is 0.308. The zero-order chi connectivity index (χ0) is 20.0. The summed E-state index contributed by atoms with van der Waals surface area (Å²) in [5, 5.41) is 0. The number of allylic oxidation sites excluding steroid dienone is 6. The molecule has 2 heterocycles. The smallest absolute Gasteiger partial charge is 0.144 e. The van der Waals surface area contributed by atoms with Gasteiger partial charge in [0.25, 0.3) is 0 Å². The monoisotopic (exact) mass is 386 g/mol. The van der Waals surface area contributed by atoms with E-state index in [-0.39, 0.29) is 18.0 Å². The summed E-state index contributed by atoms with van der Waals surface area (Å²) >= 11 is 0. The Morgan fingerprint density at radius 2 is 1.72 bits per heavy atom. The molecule has 4 atom stereocenters. The minimum Gasteiger partial charge on any atom is -0.321 e. The van der Waals surface area contributed by atoms with Gasteiger partial charge in [0.05, 0.1) is 11.4 Å². The van der Waals surface area contributed by atoms with Gasteiger partial charge < -0.3 is 9.80 Å². The Hall–Kier alpha value is -2.81. The molecule has 3 heteroatoms. The van der Waals surface area contributed by atoms with Crippen molar-refractivity contribution in [3.05, 3.63) is 90.7 Å². The van der Waals surface area contributed by atoms with Crippen molar-refractivity contribution in [2.45, 2.75) is 38.5 Å². The van der Waals surface area contributed by atoms with Crippen LogP contribution in [0.25, 0.3) is 0 Å². The Bertz CT molecular complexity index is 993. The highest BCUT2D eigenvalue weighted by atomic mass is 19.1. The first kappa shape index (κ1) is 18.2. The molecular weight excluding hydrogens is 359 g/mol. The Balaban J connectivity index is 1.73. The first-order valence-corrected chi connectivity index (χ1v) is 10.6. The molecule has 29 heavy (non-hydrogen) atoms. The predicted molar refractivity (Wildman–Crippen MR) is 119 cm³/mol. The molecule has 0 amide bonds. The van der Waals surface area contributed by atoms with Gasteiger partial charge >= 0.3 is 0 Å². The third kappa shape index (κ3) is 2.60. The van der Waals surface area contributed by atoms with Crippen LogP contribution in [0.1, 0.15) is 26.7 Å². The molecule has 0 aromatic heterocycles. The summed E-state index contributed by atoms with van der Waals surface area (Å²) in [6, 6.07) is 18.9. The number of piperidine rings is 1. The first-order chi connectivity index (χ1) is 14.2. The number of anilines is 3. The van der Waals surface area contributed by atoms with Gasteiger partial charge in [0.2, 0.25) is 0 Å². The molecule has 2 aromatic carbocycles. The second-order valence-corrected chi connectivity index (χ2v) is 8.21. The number of hydrogen-bond acceptors (Lipinski definition) is 2. The molecule has 5 rings (SSSR count). The molecule has 0 radical (unpaired) electrons. The Kier molecular flexibility index (Phi) is 4.34. The average Bonchev–Trinajstić information content (AvgIpc) is 3.12. The fourth-order valence-corrected chi connectivity index (χ4v) is 5.28. The van der Waals surface area contributed by atoms with Crippen molar-refractivity contribution >= 4 is 17.1 Å². The van der Waals surface area contributed by atoms with Gasteiger partial charge in [0, 0.05) is 23.2 Å². The third-order valence-electron chi connectivity index (χ3n) is 6.66. The molecule has 1 fully saturated rings. The summed E-state index contributed by atoms with van der Waals surface area (Å²) < 4.78 is 16.8. The first-order valence-electron chi connectivity index (χ1n) is 10.6. The predicted octanol–water partition coefficient (Wildman–Crippen LogP) is 6.76. The molecule has 2 aliphatic heterocycles. The Labute approximate surface area is 172 Å². The van der Waals surface area contributed by atoms with E-state index in [1.165, 1.54) is 5.69 Å². The summed E-state index contributed by atoms with van der Waals surface area (Å²) in [4.78, 5) is 4.71. The lowest BCUT2D eigenvalue weighted by molar-refractivity contribution is 0.0553. The topological polar surface area (TPSA) is 6.48 Å². The van der Waals surface area contributed by atoms with Crippen LogP contribution >= 0.6 is 0 Å². The molecule has 0 bridgehead atoms. The van der Waals surface area contributed by atoms with Crippen molar-refractivity contribution in [2.24, 2.45) is 11.8 Å². The van der Waals surface area contributed by atoms with Gasteiger partial charge in [-0.15, -0.1) is 0 Å². The Morgan fingerprint density at radius 3 is 2.45 bits per heavy atom. The van der Waals surface area contributed by atoms with Crippen LogP contribution in [-0.4, -0.2) is 11.8 Å². The van der Waals surface area contributed by atoms with Crippen molar-refractivity contribution in [1.29, 1.82) is 0 Å². The number of alkyl halides is 1. The minimum absolute atomic E-state index is 0.102. The second-order valence-electron chi connectivity index (χ2n) is 8.21. The number of nitrogens with zero attached hydrogens (tertiary/aromatic N) is 2. The van der Waals surface area contributed by atoms with Crippen molar-refractivity contribution in [1.82, 2.24) is 0 Å². The molecule has 0 saturated carbocycles. The van der Waals surface area contributed by atoms with Gasteiger partial charge in [-0.05, 0) is 43.2 Å². The highest BCUT2D eigenvalue weighted by Crippen LogP contribution is 2.57. The van der Waals surface area contributed by atoms with Crippen LogP contribution in [-0.2, 0) is 0 Å².